The Morgan fingerprint density at radius 1 is 1.50 bits per heavy atom. The summed E-state index contributed by atoms with van der Waals surface area (Å²) < 4.78 is 26.0. The molecular weight excluding hydrogens is 238 g/mol. The number of nitrogens with one attached hydrogen (secondary N) is 1. The molecule has 0 bridgehead atoms. The van der Waals surface area contributed by atoms with Crippen molar-refractivity contribution in [2.24, 2.45) is 5.92 Å². The first-order valence-electron chi connectivity index (χ1n) is 5.98. The standard InChI is InChI=1S/C13H16F2N2O/c1-17-5-4-9(8-17)6-13(18)16-12-3-2-10(14)7-11(12)15/h2-3,7,9H,4-6,8H2,1H3,(H,16,18). The average molecular weight is 254 g/mol. The van der Waals surface area contributed by atoms with Crippen molar-refractivity contribution in [1.82, 2.24) is 4.90 Å². The molecule has 3 nitrogen and oxygen atoms in total. The molecule has 0 radical (unpaired) electrons. The topological polar surface area (TPSA) is 32.3 Å². The summed E-state index contributed by atoms with van der Waals surface area (Å²) in [6.07, 6.45) is 1.36. The van der Waals surface area contributed by atoms with Crippen molar-refractivity contribution in [3.05, 3.63) is 29.8 Å². The van der Waals surface area contributed by atoms with Gasteiger partial charge in [-0.1, -0.05) is 0 Å². The van der Waals surface area contributed by atoms with E-state index in [-0.39, 0.29) is 11.6 Å². The number of anilines is 1. The van der Waals surface area contributed by atoms with Crippen molar-refractivity contribution in [3.8, 4) is 0 Å². The van der Waals surface area contributed by atoms with Crippen LogP contribution in [0.3, 0.4) is 0 Å². The van der Waals surface area contributed by atoms with Crippen LogP contribution in [-0.2, 0) is 4.79 Å². The van der Waals surface area contributed by atoms with Crippen LogP contribution in [0.25, 0.3) is 0 Å². The maximum absolute atomic E-state index is 13.3. The van der Waals surface area contributed by atoms with Gasteiger partial charge in [-0.2, -0.15) is 0 Å². The quantitative estimate of drug-likeness (QED) is 0.897. The zero-order chi connectivity index (χ0) is 13.1. The molecule has 98 valence electrons. The van der Waals surface area contributed by atoms with Gasteiger partial charge in [0.25, 0.3) is 0 Å². The van der Waals surface area contributed by atoms with Gasteiger partial charge >= 0.3 is 0 Å². The molecule has 1 atom stereocenters. The molecule has 2 rings (SSSR count). The van der Waals surface area contributed by atoms with Crippen molar-refractivity contribution in [2.45, 2.75) is 12.8 Å². The van der Waals surface area contributed by atoms with E-state index < -0.39 is 11.6 Å². The van der Waals surface area contributed by atoms with Crippen LogP contribution in [0, 0.1) is 17.6 Å². The molecule has 1 aliphatic rings. The van der Waals surface area contributed by atoms with Crippen LogP contribution < -0.4 is 5.32 Å². The van der Waals surface area contributed by atoms with Crippen LogP contribution in [0.4, 0.5) is 14.5 Å². The third kappa shape index (κ3) is 3.26. The molecule has 0 spiro atoms. The molecule has 0 aromatic heterocycles. The molecule has 5 heteroatoms. The summed E-state index contributed by atoms with van der Waals surface area (Å²) in [6, 6.07) is 3.13. The van der Waals surface area contributed by atoms with E-state index in [1.54, 1.807) is 0 Å². The number of carbonyl (C=O) groups is 1. The normalized spacial score (nSPS) is 20.1. The van der Waals surface area contributed by atoms with Gasteiger partial charge in [0.1, 0.15) is 11.6 Å². The number of benzene rings is 1. The fraction of sp³-hybridized carbons (Fsp3) is 0.462. The Hall–Kier alpha value is -1.49. The van der Waals surface area contributed by atoms with Crippen molar-refractivity contribution in [3.63, 3.8) is 0 Å². The zero-order valence-electron chi connectivity index (χ0n) is 10.2. The molecule has 1 aromatic rings. The second-order valence-electron chi connectivity index (χ2n) is 4.79. The lowest BCUT2D eigenvalue weighted by molar-refractivity contribution is -0.117. The Labute approximate surface area is 105 Å². The molecule has 1 heterocycles. The minimum atomic E-state index is -0.744. The number of hydrogen-bond acceptors (Lipinski definition) is 2. The molecule has 0 saturated carbocycles. The zero-order valence-corrected chi connectivity index (χ0v) is 10.2. The number of hydrogen-bond donors (Lipinski definition) is 1. The van der Waals surface area contributed by atoms with E-state index in [9.17, 15) is 13.6 Å². The summed E-state index contributed by atoms with van der Waals surface area (Å²) >= 11 is 0. The minimum Gasteiger partial charge on any atom is -0.324 e. The van der Waals surface area contributed by atoms with Crippen molar-refractivity contribution < 1.29 is 13.6 Å². The Balaban J connectivity index is 1.91. The van der Waals surface area contributed by atoms with Crippen LogP contribution in [-0.4, -0.2) is 30.9 Å². The predicted octanol–water partition coefficient (Wildman–Crippen LogP) is 2.25. The third-order valence-electron chi connectivity index (χ3n) is 3.17. The van der Waals surface area contributed by atoms with Gasteiger partial charge in [0.05, 0.1) is 5.69 Å². The smallest absolute Gasteiger partial charge is 0.224 e. The van der Waals surface area contributed by atoms with Crippen molar-refractivity contribution in [1.29, 1.82) is 0 Å². The van der Waals surface area contributed by atoms with Crippen LogP contribution >= 0.6 is 0 Å². The molecule has 1 fully saturated rings. The number of amides is 1. The number of likely N-dealkylation sites (tertiary alicyclic amines) is 1. The van der Waals surface area contributed by atoms with E-state index in [2.05, 4.69) is 10.2 Å². The van der Waals surface area contributed by atoms with Crippen molar-refractivity contribution in [2.75, 3.05) is 25.5 Å². The molecule has 1 saturated heterocycles. The fourth-order valence-corrected chi connectivity index (χ4v) is 2.25. The van der Waals surface area contributed by atoms with Crippen LogP contribution in [0.5, 0.6) is 0 Å². The van der Waals surface area contributed by atoms with Crippen molar-refractivity contribution >= 4 is 11.6 Å². The Bertz CT molecular complexity index is 451. The first-order valence-corrected chi connectivity index (χ1v) is 5.98. The highest BCUT2D eigenvalue weighted by molar-refractivity contribution is 5.90. The highest BCUT2D eigenvalue weighted by Crippen LogP contribution is 2.20. The Kier molecular flexibility index (Phi) is 3.91. The highest BCUT2D eigenvalue weighted by Gasteiger charge is 2.22. The second kappa shape index (κ2) is 5.44. The largest absolute Gasteiger partial charge is 0.324 e. The first kappa shape index (κ1) is 13.0. The number of nitrogens with zero attached hydrogens (tertiary/aromatic N) is 1. The second-order valence-corrected chi connectivity index (χ2v) is 4.79. The van der Waals surface area contributed by atoms with E-state index in [0.29, 0.717) is 12.3 Å². The van der Waals surface area contributed by atoms with Crippen LogP contribution in [0.2, 0.25) is 0 Å². The van der Waals surface area contributed by atoms with Gasteiger partial charge in [-0.3, -0.25) is 4.79 Å². The van der Waals surface area contributed by atoms with Gasteiger partial charge in [0, 0.05) is 19.0 Å². The number of rotatable bonds is 3. The SMILES string of the molecule is CN1CCC(CC(=O)Nc2ccc(F)cc2F)C1. The molecule has 1 aliphatic heterocycles. The summed E-state index contributed by atoms with van der Waals surface area (Å²) in [5.41, 5.74) is 0.0350. The van der Waals surface area contributed by atoms with Gasteiger partial charge in [0.2, 0.25) is 5.91 Å². The van der Waals surface area contributed by atoms with Gasteiger partial charge in [-0.05, 0) is 38.1 Å². The summed E-state index contributed by atoms with van der Waals surface area (Å²) in [5.74, 6) is -1.30. The summed E-state index contributed by atoms with van der Waals surface area (Å²) in [6.45, 7) is 1.88. The van der Waals surface area contributed by atoms with Gasteiger partial charge in [-0.25, -0.2) is 8.78 Å². The number of halogens is 2. The summed E-state index contributed by atoms with van der Waals surface area (Å²) in [7, 11) is 2.01. The lowest BCUT2D eigenvalue weighted by Gasteiger charge is -2.11. The van der Waals surface area contributed by atoms with E-state index in [1.807, 2.05) is 7.05 Å². The number of carbonyl (C=O) groups excluding carboxylic acids is 1. The van der Waals surface area contributed by atoms with Gasteiger partial charge in [-0.15, -0.1) is 0 Å². The monoisotopic (exact) mass is 254 g/mol. The summed E-state index contributed by atoms with van der Waals surface area (Å²) in [4.78, 5) is 13.9. The molecule has 18 heavy (non-hydrogen) atoms. The molecule has 1 aromatic carbocycles. The molecule has 1 amide bonds. The maximum atomic E-state index is 13.3. The molecule has 1 N–H and O–H groups in total. The lowest BCUT2D eigenvalue weighted by atomic mass is 10.0. The summed E-state index contributed by atoms with van der Waals surface area (Å²) in [5, 5.41) is 2.48. The van der Waals surface area contributed by atoms with E-state index in [4.69, 9.17) is 0 Å². The average Bonchev–Trinajstić information content (AvgIpc) is 2.68. The predicted molar refractivity (Wildman–Crippen MR) is 65.2 cm³/mol. The lowest BCUT2D eigenvalue weighted by Crippen LogP contribution is -2.20. The molecule has 1 unspecified atom stereocenters. The fourth-order valence-electron chi connectivity index (χ4n) is 2.25. The van der Waals surface area contributed by atoms with E-state index in [0.717, 1.165) is 31.6 Å². The van der Waals surface area contributed by atoms with Crippen LogP contribution in [0.15, 0.2) is 18.2 Å². The van der Waals surface area contributed by atoms with E-state index >= 15 is 0 Å². The Morgan fingerprint density at radius 3 is 2.89 bits per heavy atom. The maximum Gasteiger partial charge on any atom is 0.224 e. The van der Waals surface area contributed by atoms with Gasteiger partial charge in [0.15, 0.2) is 0 Å². The first-order chi connectivity index (χ1) is 8.54. The van der Waals surface area contributed by atoms with E-state index in [1.165, 1.54) is 6.07 Å². The third-order valence-corrected chi connectivity index (χ3v) is 3.17. The highest BCUT2D eigenvalue weighted by atomic mass is 19.1. The van der Waals surface area contributed by atoms with Gasteiger partial charge < -0.3 is 10.2 Å². The van der Waals surface area contributed by atoms with Crippen LogP contribution in [0.1, 0.15) is 12.8 Å². The molecular formula is C13H16F2N2O. The molecule has 0 aliphatic carbocycles. The Morgan fingerprint density at radius 2 is 2.28 bits per heavy atom. The minimum absolute atomic E-state index is 0.0350.